The Balaban J connectivity index is 1.65. The molecule has 0 fully saturated rings. The lowest BCUT2D eigenvalue weighted by atomic mass is 10.2. The monoisotopic (exact) mass is 345 g/mol. The molecule has 3 rings (SSSR count). The third-order valence-electron chi connectivity index (χ3n) is 3.78. The summed E-state index contributed by atoms with van der Waals surface area (Å²) in [6.45, 7) is 1.95. The molecule has 0 saturated carbocycles. The van der Waals surface area contributed by atoms with Gasteiger partial charge in [-0.15, -0.1) is 0 Å². The number of carbonyl (C=O) groups is 1. The van der Waals surface area contributed by atoms with Crippen molar-refractivity contribution in [2.24, 2.45) is 4.99 Å². The number of carbonyl (C=O) groups excluding carboxylic acids is 1. The molecular weight excluding hydrogens is 326 g/mol. The van der Waals surface area contributed by atoms with E-state index in [9.17, 15) is 4.79 Å². The summed E-state index contributed by atoms with van der Waals surface area (Å²) in [5.41, 5.74) is 3.25. The Hall–Kier alpha value is -3.40. The van der Waals surface area contributed by atoms with E-state index >= 15 is 0 Å². The van der Waals surface area contributed by atoms with Gasteiger partial charge in [-0.25, -0.2) is 4.79 Å². The van der Waals surface area contributed by atoms with Crippen LogP contribution in [0, 0.1) is 6.92 Å². The van der Waals surface area contributed by atoms with E-state index in [2.05, 4.69) is 4.99 Å². The summed E-state index contributed by atoms with van der Waals surface area (Å²) in [5, 5.41) is 0. The highest BCUT2D eigenvalue weighted by Crippen LogP contribution is 2.18. The lowest BCUT2D eigenvalue weighted by Crippen LogP contribution is -2.08. The van der Waals surface area contributed by atoms with Crippen molar-refractivity contribution in [1.82, 2.24) is 0 Å². The smallest absolute Gasteiger partial charge is 0.343 e. The molecule has 0 aromatic heterocycles. The minimum absolute atomic E-state index is 0.388. The molecule has 0 aliphatic carbocycles. The zero-order valence-electron chi connectivity index (χ0n) is 14.7. The second-order valence-electron chi connectivity index (χ2n) is 5.78. The maximum atomic E-state index is 12.2. The van der Waals surface area contributed by atoms with Gasteiger partial charge in [0, 0.05) is 6.21 Å². The molecule has 3 aromatic carbocycles. The van der Waals surface area contributed by atoms with Gasteiger partial charge in [0.05, 0.1) is 18.4 Å². The average Bonchev–Trinajstić information content (AvgIpc) is 2.67. The highest BCUT2D eigenvalue weighted by Gasteiger charge is 2.08. The van der Waals surface area contributed by atoms with E-state index in [1.807, 2.05) is 49.4 Å². The van der Waals surface area contributed by atoms with Crippen LogP contribution >= 0.6 is 0 Å². The van der Waals surface area contributed by atoms with Crippen molar-refractivity contribution in [3.63, 3.8) is 0 Å². The standard InChI is InChI=1S/C22H19NO3/c1-16-4-3-5-21(14-16)26-22(24)18-8-10-19(11-9-18)23-15-17-6-12-20(25-2)13-7-17/h3-15H,1-2H3. The van der Waals surface area contributed by atoms with Crippen molar-refractivity contribution in [3.05, 3.63) is 89.5 Å². The molecule has 0 saturated heterocycles. The van der Waals surface area contributed by atoms with Crippen LogP contribution in [-0.2, 0) is 0 Å². The van der Waals surface area contributed by atoms with Crippen molar-refractivity contribution in [1.29, 1.82) is 0 Å². The van der Waals surface area contributed by atoms with E-state index in [0.29, 0.717) is 11.3 Å². The van der Waals surface area contributed by atoms with Crippen LogP contribution in [0.2, 0.25) is 0 Å². The molecule has 4 heteroatoms. The topological polar surface area (TPSA) is 47.9 Å². The number of esters is 1. The van der Waals surface area contributed by atoms with Crippen molar-refractivity contribution in [2.75, 3.05) is 7.11 Å². The second-order valence-corrected chi connectivity index (χ2v) is 5.78. The van der Waals surface area contributed by atoms with Gasteiger partial charge >= 0.3 is 5.97 Å². The first-order valence-corrected chi connectivity index (χ1v) is 8.21. The summed E-state index contributed by atoms with van der Waals surface area (Å²) >= 11 is 0. The second kappa shape index (κ2) is 8.12. The number of rotatable bonds is 5. The van der Waals surface area contributed by atoms with Gasteiger partial charge in [0.1, 0.15) is 11.5 Å². The van der Waals surface area contributed by atoms with Gasteiger partial charge in [0.2, 0.25) is 0 Å². The van der Waals surface area contributed by atoms with Crippen molar-refractivity contribution < 1.29 is 14.3 Å². The maximum absolute atomic E-state index is 12.2. The number of aliphatic imine (C=N–C) groups is 1. The lowest BCUT2D eigenvalue weighted by molar-refractivity contribution is 0.0735. The van der Waals surface area contributed by atoms with Crippen LogP contribution in [0.4, 0.5) is 5.69 Å². The average molecular weight is 345 g/mol. The number of hydrogen-bond acceptors (Lipinski definition) is 4. The summed E-state index contributed by atoms with van der Waals surface area (Å²) in [6.07, 6.45) is 1.76. The van der Waals surface area contributed by atoms with Gasteiger partial charge in [-0.2, -0.15) is 0 Å². The number of benzene rings is 3. The molecule has 26 heavy (non-hydrogen) atoms. The highest BCUT2D eigenvalue weighted by atomic mass is 16.5. The largest absolute Gasteiger partial charge is 0.497 e. The van der Waals surface area contributed by atoms with Gasteiger partial charge in [-0.1, -0.05) is 12.1 Å². The zero-order valence-corrected chi connectivity index (χ0v) is 14.7. The highest BCUT2D eigenvalue weighted by molar-refractivity contribution is 5.91. The summed E-state index contributed by atoms with van der Waals surface area (Å²) in [4.78, 5) is 16.6. The van der Waals surface area contributed by atoms with Gasteiger partial charge in [0.25, 0.3) is 0 Å². The Morgan fingerprint density at radius 1 is 0.923 bits per heavy atom. The first-order valence-electron chi connectivity index (χ1n) is 8.21. The fourth-order valence-corrected chi connectivity index (χ4v) is 2.37. The first kappa shape index (κ1) is 17.4. The minimum atomic E-state index is -0.388. The molecular formula is C22H19NO3. The van der Waals surface area contributed by atoms with E-state index in [1.165, 1.54) is 0 Å². The fourth-order valence-electron chi connectivity index (χ4n) is 2.37. The molecule has 0 N–H and O–H groups in total. The van der Waals surface area contributed by atoms with Crippen LogP contribution < -0.4 is 9.47 Å². The van der Waals surface area contributed by atoms with Crippen molar-refractivity contribution in [2.45, 2.75) is 6.92 Å². The summed E-state index contributed by atoms with van der Waals surface area (Å²) in [7, 11) is 1.63. The Bertz CT molecular complexity index is 913. The van der Waals surface area contributed by atoms with Crippen LogP contribution in [0.1, 0.15) is 21.5 Å². The van der Waals surface area contributed by atoms with Crippen LogP contribution in [-0.4, -0.2) is 19.3 Å². The Labute approximate surface area is 152 Å². The zero-order chi connectivity index (χ0) is 18.4. The predicted molar refractivity (Wildman–Crippen MR) is 103 cm³/mol. The van der Waals surface area contributed by atoms with E-state index in [-0.39, 0.29) is 5.97 Å². The molecule has 4 nitrogen and oxygen atoms in total. The van der Waals surface area contributed by atoms with Gasteiger partial charge in [-0.05, 0) is 78.7 Å². The van der Waals surface area contributed by atoms with Crippen molar-refractivity contribution in [3.8, 4) is 11.5 Å². The van der Waals surface area contributed by atoms with Crippen LogP contribution in [0.5, 0.6) is 11.5 Å². The molecule has 0 atom stereocenters. The Morgan fingerprint density at radius 3 is 2.31 bits per heavy atom. The molecule has 3 aromatic rings. The first-order chi connectivity index (χ1) is 12.6. The molecule has 0 aliphatic rings. The maximum Gasteiger partial charge on any atom is 0.343 e. The third-order valence-corrected chi connectivity index (χ3v) is 3.78. The van der Waals surface area contributed by atoms with Gasteiger partial charge in [0.15, 0.2) is 0 Å². The van der Waals surface area contributed by atoms with Crippen LogP contribution in [0.15, 0.2) is 77.8 Å². The molecule has 0 bridgehead atoms. The number of ether oxygens (including phenoxy) is 2. The quantitative estimate of drug-likeness (QED) is 0.372. The van der Waals surface area contributed by atoms with Crippen molar-refractivity contribution >= 4 is 17.9 Å². The molecule has 0 heterocycles. The number of methoxy groups -OCH3 is 1. The SMILES string of the molecule is COc1ccc(C=Nc2ccc(C(=O)Oc3cccc(C)c3)cc2)cc1. The molecule has 0 radical (unpaired) electrons. The summed E-state index contributed by atoms with van der Waals surface area (Å²) in [5.74, 6) is 0.955. The summed E-state index contributed by atoms with van der Waals surface area (Å²) in [6, 6.07) is 22.0. The lowest BCUT2D eigenvalue weighted by Gasteiger charge is -2.05. The number of nitrogens with zero attached hydrogens (tertiary/aromatic N) is 1. The minimum Gasteiger partial charge on any atom is -0.497 e. The molecule has 0 amide bonds. The normalized spacial score (nSPS) is 10.7. The third kappa shape index (κ3) is 4.57. The van der Waals surface area contributed by atoms with Crippen LogP contribution in [0.3, 0.4) is 0 Å². The number of aryl methyl sites for hydroxylation is 1. The van der Waals surface area contributed by atoms with E-state index < -0.39 is 0 Å². The molecule has 0 aliphatic heterocycles. The Kier molecular flexibility index (Phi) is 5.44. The Morgan fingerprint density at radius 2 is 1.65 bits per heavy atom. The summed E-state index contributed by atoms with van der Waals surface area (Å²) < 4.78 is 10.5. The van der Waals surface area contributed by atoms with E-state index in [1.54, 1.807) is 43.7 Å². The molecule has 130 valence electrons. The van der Waals surface area contributed by atoms with E-state index in [4.69, 9.17) is 9.47 Å². The predicted octanol–water partition coefficient (Wildman–Crippen LogP) is 4.97. The van der Waals surface area contributed by atoms with Crippen LogP contribution in [0.25, 0.3) is 0 Å². The fraction of sp³-hybridized carbons (Fsp3) is 0.0909. The molecule has 0 unspecified atom stereocenters. The van der Waals surface area contributed by atoms with E-state index in [0.717, 1.165) is 22.6 Å². The number of hydrogen-bond donors (Lipinski definition) is 0. The molecule has 0 spiro atoms. The van der Waals surface area contributed by atoms with Gasteiger partial charge in [-0.3, -0.25) is 4.99 Å². The van der Waals surface area contributed by atoms with Gasteiger partial charge < -0.3 is 9.47 Å².